The lowest BCUT2D eigenvalue weighted by Gasteiger charge is -2.20. The van der Waals surface area contributed by atoms with Crippen LogP contribution in [0.15, 0.2) is 76.6 Å². The number of anilines is 1. The number of benzene rings is 3. The Bertz CT molecular complexity index is 973. The van der Waals surface area contributed by atoms with E-state index in [1.807, 2.05) is 48.5 Å². The lowest BCUT2D eigenvalue weighted by Crippen LogP contribution is -2.26. The topological polar surface area (TPSA) is 45.7 Å². The summed E-state index contributed by atoms with van der Waals surface area (Å²) in [5.41, 5.74) is 2.95. The maximum Gasteiger partial charge on any atom is 0.211 e. The first-order valence-corrected chi connectivity index (χ1v) is 9.29. The highest BCUT2D eigenvalue weighted by molar-refractivity contribution is 7.98. The Hall–Kier alpha value is -2.63. The molecule has 0 fully saturated rings. The van der Waals surface area contributed by atoms with Crippen molar-refractivity contribution in [3.05, 3.63) is 77.3 Å². The van der Waals surface area contributed by atoms with Gasteiger partial charge in [0.05, 0.1) is 9.92 Å². The summed E-state index contributed by atoms with van der Waals surface area (Å²) >= 11 is 7.71. The molecule has 0 unspecified atom stereocenters. The van der Waals surface area contributed by atoms with Crippen LogP contribution in [0, 0.1) is 6.92 Å². The van der Waals surface area contributed by atoms with E-state index in [1.54, 1.807) is 6.07 Å². The maximum atomic E-state index is 6.22. The molecule has 26 heavy (non-hydrogen) atoms. The number of ether oxygens (including phenoxy) is 1. The van der Waals surface area contributed by atoms with Gasteiger partial charge in [-0.05, 0) is 55.3 Å². The Morgan fingerprint density at radius 3 is 2.54 bits per heavy atom. The van der Waals surface area contributed by atoms with Crippen molar-refractivity contribution in [1.82, 2.24) is 4.72 Å². The molecule has 4 nitrogen and oxygen atoms in total. The number of guanidine groups is 1. The Balaban J connectivity index is 1.64. The number of fused-ring (bicyclic) bond motifs is 1. The SMILES string of the molecule is Cc1ccc(NC2=Nc3c(Oc4ccccc4Cl)cccc3SN2)cc1. The number of nitrogens with one attached hydrogen (secondary N) is 2. The molecule has 0 spiro atoms. The predicted molar refractivity (Wildman–Crippen MR) is 109 cm³/mol. The van der Waals surface area contributed by atoms with E-state index in [0.717, 1.165) is 16.3 Å². The third-order valence-corrected chi connectivity index (χ3v) is 4.97. The van der Waals surface area contributed by atoms with Crippen LogP contribution in [-0.4, -0.2) is 5.96 Å². The molecule has 0 saturated heterocycles. The van der Waals surface area contributed by atoms with Gasteiger partial charge in [0, 0.05) is 5.69 Å². The molecule has 0 amide bonds. The van der Waals surface area contributed by atoms with Crippen LogP contribution in [0.25, 0.3) is 0 Å². The fourth-order valence-corrected chi connectivity index (χ4v) is 3.36. The van der Waals surface area contributed by atoms with Crippen molar-refractivity contribution in [3.8, 4) is 11.5 Å². The van der Waals surface area contributed by atoms with Crippen molar-refractivity contribution in [2.45, 2.75) is 11.8 Å². The summed E-state index contributed by atoms with van der Waals surface area (Å²) in [6.45, 7) is 2.06. The molecule has 0 radical (unpaired) electrons. The highest BCUT2D eigenvalue weighted by Crippen LogP contribution is 2.42. The molecule has 0 aliphatic carbocycles. The van der Waals surface area contributed by atoms with E-state index in [0.29, 0.717) is 22.5 Å². The van der Waals surface area contributed by atoms with Crippen molar-refractivity contribution >= 4 is 40.9 Å². The second-order valence-corrected chi connectivity index (χ2v) is 7.05. The van der Waals surface area contributed by atoms with Gasteiger partial charge in [0.2, 0.25) is 5.96 Å². The zero-order valence-corrected chi connectivity index (χ0v) is 15.6. The van der Waals surface area contributed by atoms with Crippen LogP contribution in [0.3, 0.4) is 0 Å². The number of halogens is 1. The minimum Gasteiger partial charge on any atom is -0.453 e. The summed E-state index contributed by atoms with van der Waals surface area (Å²) in [6.07, 6.45) is 0. The number of aliphatic imine (C=N–C) groups is 1. The molecule has 0 aromatic heterocycles. The first-order valence-electron chi connectivity index (χ1n) is 8.10. The zero-order valence-electron chi connectivity index (χ0n) is 14.0. The third kappa shape index (κ3) is 3.64. The van der Waals surface area contributed by atoms with Crippen LogP contribution in [0.5, 0.6) is 11.5 Å². The Kier molecular flexibility index (Phi) is 4.73. The van der Waals surface area contributed by atoms with Gasteiger partial charge in [0.25, 0.3) is 0 Å². The summed E-state index contributed by atoms with van der Waals surface area (Å²) in [5.74, 6) is 1.92. The molecule has 1 aliphatic rings. The fourth-order valence-electron chi connectivity index (χ4n) is 2.49. The number of nitrogens with zero attached hydrogens (tertiary/aromatic N) is 1. The Labute approximate surface area is 161 Å². The molecular weight excluding hydrogens is 366 g/mol. The smallest absolute Gasteiger partial charge is 0.211 e. The molecule has 130 valence electrons. The number of hydrogen-bond donors (Lipinski definition) is 2. The molecule has 3 aromatic rings. The van der Waals surface area contributed by atoms with Crippen LogP contribution in [-0.2, 0) is 0 Å². The second kappa shape index (κ2) is 7.32. The normalized spacial score (nSPS) is 12.6. The molecule has 1 aliphatic heterocycles. The molecule has 0 atom stereocenters. The van der Waals surface area contributed by atoms with E-state index in [4.69, 9.17) is 21.3 Å². The quantitative estimate of drug-likeness (QED) is 0.534. The van der Waals surface area contributed by atoms with E-state index in [1.165, 1.54) is 17.5 Å². The summed E-state index contributed by atoms with van der Waals surface area (Å²) in [6, 6.07) is 21.4. The molecule has 1 heterocycles. The van der Waals surface area contributed by atoms with Gasteiger partial charge in [-0.3, -0.25) is 4.72 Å². The second-order valence-electron chi connectivity index (χ2n) is 5.79. The summed E-state index contributed by atoms with van der Waals surface area (Å²) < 4.78 is 9.23. The standard InChI is InChI=1S/C20H16ClN3OS/c1-13-9-11-14(12-10-13)22-20-23-19-17(7-4-8-18(19)26-24-20)25-16-6-3-2-5-15(16)21/h2-12H,1H3,(H2,22,23,24). The van der Waals surface area contributed by atoms with E-state index in [9.17, 15) is 0 Å². The highest BCUT2D eigenvalue weighted by Gasteiger charge is 2.18. The van der Waals surface area contributed by atoms with Crippen LogP contribution in [0.1, 0.15) is 5.56 Å². The lowest BCUT2D eigenvalue weighted by molar-refractivity contribution is 0.483. The summed E-state index contributed by atoms with van der Waals surface area (Å²) in [4.78, 5) is 5.68. The summed E-state index contributed by atoms with van der Waals surface area (Å²) in [5, 5.41) is 3.85. The van der Waals surface area contributed by atoms with Crippen LogP contribution in [0.4, 0.5) is 11.4 Å². The minimum absolute atomic E-state index is 0.564. The molecule has 4 rings (SSSR count). The lowest BCUT2D eigenvalue weighted by atomic mass is 10.2. The largest absolute Gasteiger partial charge is 0.453 e. The van der Waals surface area contributed by atoms with E-state index >= 15 is 0 Å². The molecule has 0 saturated carbocycles. The van der Waals surface area contributed by atoms with Crippen LogP contribution < -0.4 is 14.8 Å². The molecule has 0 bridgehead atoms. The van der Waals surface area contributed by atoms with Gasteiger partial charge in [-0.1, -0.05) is 47.5 Å². The highest BCUT2D eigenvalue weighted by atomic mass is 35.5. The van der Waals surface area contributed by atoms with Crippen molar-refractivity contribution in [1.29, 1.82) is 0 Å². The number of hydrogen-bond acceptors (Lipinski definition) is 5. The first-order chi connectivity index (χ1) is 12.7. The summed E-state index contributed by atoms with van der Waals surface area (Å²) in [7, 11) is 0. The van der Waals surface area contributed by atoms with Crippen LogP contribution in [0.2, 0.25) is 5.02 Å². The monoisotopic (exact) mass is 381 g/mol. The Morgan fingerprint density at radius 2 is 1.73 bits per heavy atom. The van der Waals surface area contributed by atoms with Gasteiger partial charge in [-0.25, -0.2) is 4.99 Å². The minimum atomic E-state index is 0.564. The number of rotatable bonds is 3. The molecule has 3 aromatic carbocycles. The van der Waals surface area contributed by atoms with Gasteiger partial charge in [-0.15, -0.1) is 0 Å². The first kappa shape index (κ1) is 16.8. The van der Waals surface area contributed by atoms with E-state index in [-0.39, 0.29) is 0 Å². The predicted octanol–water partition coefficient (Wildman–Crippen LogP) is 6.15. The number of aryl methyl sites for hydroxylation is 1. The van der Waals surface area contributed by atoms with E-state index < -0.39 is 0 Å². The van der Waals surface area contributed by atoms with Crippen molar-refractivity contribution < 1.29 is 4.74 Å². The van der Waals surface area contributed by atoms with Crippen molar-refractivity contribution in [2.75, 3.05) is 5.32 Å². The number of para-hydroxylation sites is 2. The average molecular weight is 382 g/mol. The van der Waals surface area contributed by atoms with E-state index in [2.05, 4.69) is 29.1 Å². The third-order valence-electron chi connectivity index (χ3n) is 3.81. The van der Waals surface area contributed by atoms with Crippen molar-refractivity contribution in [3.63, 3.8) is 0 Å². The zero-order chi connectivity index (χ0) is 17.9. The van der Waals surface area contributed by atoms with Gasteiger partial charge < -0.3 is 10.1 Å². The van der Waals surface area contributed by atoms with Crippen molar-refractivity contribution in [2.24, 2.45) is 4.99 Å². The van der Waals surface area contributed by atoms with Gasteiger partial charge in [0.1, 0.15) is 11.4 Å². The average Bonchev–Trinajstić information content (AvgIpc) is 2.66. The fraction of sp³-hybridized carbons (Fsp3) is 0.0500. The van der Waals surface area contributed by atoms with Gasteiger partial charge in [0.15, 0.2) is 5.75 Å². The molecule has 6 heteroatoms. The van der Waals surface area contributed by atoms with Gasteiger partial charge in [-0.2, -0.15) is 0 Å². The maximum absolute atomic E-state index is 6.22. The Morgan fingerprint density at radius 1 is 0.962 bits per heavy atom. The van der Waals surface area contributed by atoms with Gasteiger partial charge >= 0.3 is 0 Å². The van der Waals surface area contributed by atoms with Crippen LogP contribution >= 0.6 is 23.5 Å². The molecular formula is C20H16ClN3OS. The molecule has 2 N–H and O–H groups in total.